The van der Waals surface area contributed by atoms with Crippen molar-refractivity contribution >= 4 is 5.91 Å². The summed E-state index contributed by atoms with van der Waals surface area (Å²) in [6.07, 6.45) is 0.521. The summed E-state index contributed by atoms with van der Waals surface area (Å²) in [6.45, 7) is 6.61. The van der Waals surface area contributed by atoms with Crippen molar-refractivity contribution in [2.45, 2.75) is 45.9 Å². The maximum Gasteiger partial charge on any atom is 0.276 e. The number of hydrogen-bond acceptors (Lipinski definition) is 6. The Balaban J connectivity index is 1.52. The van der Waals surface area contributed by atoms with Crippen molar-refractivity contribution in [1.29, 1.82) is 0 Å². The van der Waals surface area contributed by atoms with E-state index in [1.54, 1.807) is 17.9 Å². The lowest BCUT2D eigenvalue weighted by Gasteiger charge is -2.20. The Bertz CT molecular complexity index is 980. The van der Waals surface area contributed by atoms with Crippen LogP contribution in [0.2, 0.25) is 0 Å². The van der Waals surface area contributed by atoms with E-state index in [2.05, 4.69) is 39.4 Å². The Morgan fingerprint density at radius 3 is 2.86 bits per heavy atom. The molecule has 4 rings (SSSR count). The van der Waals surface area contributed by atoms with Crippen LogP contribution in [0.5, 0.6) is 0 Å². The minimum atomic E-state index is -0.267. The summed E-state index contributed by atoms with van der Waals surface area (Å²) in [7, 11) is 0. The molecule has 8 nitrogen and oxygen atoms in total. The van der Waals surface area contributed by atoms with Crippen molar-refractivity contribution in [3.8, 4) is 0 Å². The van der Waals surface area contributed by atoms with Crippen LogP contribution in [0.25, 0.3) is 0 Å². The summed E-state index contributed by atoms with van der Waals surface area (Å²) in [4.78, 5) is 19.1. The number of amides is 1. The third-order valence-electron chi connectivity index (χ3n) is 4.85. The van der Waals surface area contributed by atoms with Crippen molar-refractivity contribution < 1.29 is 14.1 Å². The van der Waals surface area contributed by atoms with E-state index in [4.69, 9.17) is 9.26 Å². The fraction of sp³-hybridized carbons (Fsp3) is 0.400. The Morgan fingerprint density at radius 2 is 2.18 bits per heavy atom. The summed E-state index contributed by atoms with van der Waals surface area (Å²) in [6, 6.07) is 9.59. The van der Waals surface area contributed by atoms with Crippen LogP contribution in [0.1, 0.15) is 51.5 Å². The second kappa shape index (κ2) is 7.55. The van der Waals surface area contributed by atoms with Crippen molar-refractivity contribution in [2.75, 3.05) is 6.54 Å². The van der Waals surface area contributed by atoms with Crippen molar-refractivity contribution in [3.05, 3.63) is 64.6 Å². The van der Waals surface area contributed by atoms with Gasteiger partial charge in [0.25, 0.3) is 5.91 Å². The number of ether oxygens (including phenoxy) is 1. The maximum atomic E-state index is 13.0. The molecular formula is C20H23N5O3. The summed E-state index contributed by atoms with van der Waals surface area (Å²) < 4.78 is 11.2. The first-order chi connectivity index (χ1) is 13.5. The molecule has 1 N–H and O–H groups in total. The van der Waals surface area contributed by atoms with E-state index < -0.39 is 0 Å². The van der Waals surface area contributed by atoms with Gasteiger partial charge in [-0.25, -0.2) is 4.98 Å². The topological polar surface area (TPSA) is 97.1 Å². The summed E-state index contributed by atoms with van der Waals surface area (Å²) in [5, 5.41) is 11.0. The molecule has 0 spiro atoms. The molecule has 0 radical (unpaired) electrons. The largest absolute Gasteiger partial charge is 0.372 e. The van der Waals surface area contributed by atoms with Crippen LogP contribution < -0.4 is 0 Å². The highest BCUT2D eigenvalue weighted by atomic mass is 16.5. The monoisotopic (exact) mass is 381 g/mol. The molecule has 0 aliphatic carbocycles. The Labute approximate surface area is 162 Å². The summed E-state index contributed by atoms with van der Waals surface area (Å²) in [5.74, 6) is 1.70. The molecule has 2 unspecified atom stereocenters. The highest BCUT2D eigenvalue weighted by Gasteiger charge is 2.40. The molecule has 146 valence electrons. The zero-order chi connectivity index (χ0) is 19.7. The van der Waals surface area contributed by atoms with E-state index in [1.165, 1.54) is 5.56 Å². The van der Waals surface area contributed by atoms with Crippen LogP contribution in [0.3, 0.4) is 0 Å². The van der Waals surface area contributed by atoms with Crippen LogP contribution in [0.4, 0.5) is 0 Å². The third-order valence-corrected chi connectivity index (χ3v) is 4.85. The average molecular weight is 381 g/mol. The molecule has 1 saturated heterocycles. The van der Waals surface area contributed by atoms with Gasteiger partial charge in [0, 0.05) is 19.0 Å². The Morgan fingerprint density at radius 1 is 1.32 bits per heavy atom. The molecule has 1 aromatic carbocycles. The first kappa shape index (κ1) is 18.4. The smallest absolute Gasteiger partial charge is 0.276 e. The molecule has 2 aromatic heterocycles. The van der Waals surface area contributed by atoms with Gasteiger partial charge in [0.1, 0.15) is 11.6 Å². The number of aromatic nitrogens is 4. The van der Waals surface area contributed by atoms with Crippen LogP contribution in [-0.4, -0.2) is 43.8 Å². The number of nitrogens with one attached hydrogen (secondary N) is 1. The number of aromatic amines is 1. The van der Waals surface area contributed by atoms with Crippen LogP contribution in [0, 0.1) is 20.8 Å². The SMILES string of the molecule is Cc1cccc(COC2CC(c3n[nH]c(C)n3)N(C(=O)c3cc(C)on3)C2)c1. The van der Waals surface area contributed by atoms with Crippen LogP contribution in [-0.2, 0) is 11.3 Å². The highest BCUT2D eigenvalue weighted by Crippen LogP contribution is 2.33. The minimum absolute atomic E-state index is 0.110. The zero-order valence-electron chi connectivity index (χ0n) is 16.2. The lowest BCUT2D eigenvalue weighted by molar-refractivity contribution is 0.0435. The molecule has 0 saturated carbocycles. The van der Waals surface area contributed by atoms with E-state index in [0.717, 1.165) is 5.56 Å². The number of H-pyrrole nitrogens is 1. The standard InChI is InChI=1S/C20H23N5O3/c1-12-5-4-6-15(7-12)11-27-16-9-18(19-21-14(3)22-23-19)25(10-16)20(26)17-8-13(2)28-24-17/h4-8,16,18H,9-11H2,1-3H3,(H,21,22,23). The fourth-order valence-electron chi connectivity index (χ4n) is 3.53. The molecule has 3 aromatic rings. The lowest BCUT2D eigenvalue weighted by atomic mass is 10.1. The van der Waals surface area contributed by atoms with Gasteiger partial charge >= 0.3 is 0 Å². The molecule has 3 heterocycles. The molecule has 0 bridgehead atoms. The highest BCUT2D eigenvalue weighted by molar-refractivity contribution is 5.92. The first-order valence-corrected chi connectivity index (χ1v) is 9.30. The number of likely N-dealkylation sites (tertiary alicyclic amines) is 1. The molecule has 1 amide bonds. The predicted octanol–water partition coefficient (Wildman–Crippen LogP) is 2.89. The fourth-order valence-corrected chi connectivity index (χ4v) is 3.53. The quantitative estimate of drug-likeness (QED) is 0.730. The van der Waals surface area contributed by atoms with E-state index in [9.17, 15) is 4.79 Å². The van der Waals surface area contributed by atoms with Gasteiger partial charge in [-0.3, -0.25) is 9.89 Å². The van der Waals surface area contributed by atoms with Gasteiger partial charge in [-0.2, -0.15) is 5.10 Å². The van der Waals surface area contributed by atoms with Gasteiger partial charge in [-0.05, 0) is 26.3 Å². The number of rotatable bonds is 5. The van der Waals surface area contributed by atoms with Gasteiger partial charge in [0.2, 0.25) is 0 Å². The van der Waals surface area contributed by atoms with Crippen LogP contribution in [0.15, 0.2) is 34.9 Å². The summed E-state index contributed by atoms with van der Waals surface area (Å²) in [5.41, 5.74) is 2.59. The molecular weight excluding hydrogens is 358 g/mol. The van der Waals surface area contributed by atoms with E-state index in [-0.39, 0.29) is 23.7 Å². The van der Waals surface area contributed by atoms with Gasteiger partial charge in [-0.15, -0.1) is 0 Å². The molecule has 1 aliphatic rings. The number of carbonyl (C=O) groups excluding carboxylic acids is 1. The Kier molecular flexibility index (Phi) is 4.95. The van der Waals surface area contributed by atoms with E-state index in [0.29, 0.717) is 37.0 Å². The number of nitrogens with zero attached hydrogens (tertiary/aromatic N) is 4. The molecule has 1 fully saturated rings. The normalized spacial score (nSPS) is 19.3. The maximum absolute atomic E-state index is 13.0. The second-order valence-electron chi connectivity index (χ2n) is 7.23. The van der Waals surface area contributed by atoms with Crippen molar-refractivity contribution in [1.82, 2.24) is 25.2 Å². The van der Waals surface area contributed by atoms with Gasteiger partial charge in [0.05, 0.1) is 18.8 Å². The molecule has 8 heteroatoms. The number of aryl methyl sites for hydroxylation is 3. The van der Waals surface area contributed by atoms with Crippen molar-refractivity contribution in [3.63, 3.8) is 0 Å². The van der Waals surface area contributed by atoms with E-state index in [1.807, 2.05) is 19.1 Å². The molecule has 1 aliphatic heterocycles. The number of benzene rings is 1. The van der Waals surface area contributed by atoms with E-state index >= 15 is 0 Å². The van der Waals surface area contributed by atoms with Crippen molar-refractivity contribution in [2.24, 2.45) is 0 Å². The zero-order valence-corrected chi connectivity index (χ0v) is 16.2. The van der Waals surface area contributed by atoms with Gasteiger partial charge in [-0.1, -0.05) is 35.0 Å². The number of carbonyl (C=O) groups is 1. The first-order valence-electron chi connectivity index (χ1n) is 9.30. The second-order valence-corrected chi connectivity index (χ2v) is 7.23. The average Bonchev–Trinajstić information content (AvgIpc) is 3.39. The number of hydrogen-bond donors (Lipinski definition) is 1. The Hall–Kier alpha value is -3.00. The van der Waals surface area contributed by atoms with Crippen LogP contribution >= 0.6 is 0 Å². The van der Waals surface area contributed by atoms with Gasteiger partial charge < -0.3 is 14.2 Å². The lowest BCUT2D eigenvalue weighted by Crippen LogP contribution is -2.32. The predicted molar refractivity (Wildman–Crippen MR) is 101 cm³/mol. The third kappa shape index (κ3) is 3.82. The van der Waals surface area contributed by atoms with Gasteiger partial charge in [0.15, 0.2) is 11.5 Å². The minimum Gasteiger partial charge on any atom is -0.372 e. The summed E-state index contributed by atoms with van der Waals surface area (Å²) >= 11 is 0. The molecule has 2 atom stereocenters. The molecule has 28 heavy (non-hydrogen) atoms.